The van der Waals surface area contributed by atoms with Crippen LogP contribution in [-0.2, 0) is 12.8 Å². The summed E-state index contributed by atoms with van der Waals surface area (Å²) in [6, 6.07) is 3.56. The molecule has 0 atom stereocenters. The number of hydrogen-bond acceptors (Lipinski definition) is 7. The highest BCUT2D eigenvalue weighted by molar-refractivity contribution is 9.10. The van der Waals surface area contributed by atoms with Gasteiger partial charge in [0.25, 0.3) is 0 Å². The first-order chi connectivity index (χ1) is 9.70. The first-order valence-electron chi connectivity index (χ1n) is 6.08. The van der Waals surface area contributed by atoms with Crippen molar-refractivity contribution >= 4 is 15.9 Å². The third kappa shape index (κ3) is 2.96. The van der Waals surface area contributed by atoms with Crippen LogP contribution >= 0.6 is 15.9 Å². The molecule has 0 aromatic carbocycles. The average molecular weight is 339 g/mol. The van der Waals surface area contributed by atoms with E-state index < -0.39 is 0 Å². The van der Waals surface area contributed by atoms with Crippen LogP contribution < -0.4 is 0 Å². The summed E-state index contributed by atoms with van der Waals surface area (Å²) in [5, 5.41) is 7.61. The van der Waals surface area contributed by atoms with Crippen LogP contribution in [0, 0.1) is 6.92 Å². The van der Waals surface area contributed by atoms with Gasteiger partial charge in [-0.1, -0.05) is 10.3 Å². The minimum Gasteiger partial charge on any atom is -0.446 e. The van der Waals surface area contributed by atoms with Crippen LogP contribution in [0.2, 0.25) is 0 Å². The molecule has 0 fully saturated rings. The molecule has 0 spiro atoms. The summed E-state index contributed by atoms with van der Waals surface area (Å²) in [6.07, 6.45) is 2.13. The smallest absolute Gasteiger partial charge is 0.238 e. The van der Waals surface area contributed by atoms with Gasteiger partial charge in [0.2, 0.25) is 17.6 Å². The lowest BCUT2D eigenvalue weighted by Gasteiger charge is -1.91. The third-order valence-corrected chi connectivity index (χ3v) is 3.04. The molecule has 0 aliphatic rings. The predicted molar refractivity (Wildman–Crippen MR) is 70.8 cm³/mol. The Labute approximate surface area is 122 Å². The highest BCUT2D eigenvalue weighted by atomic mass is 79.9. The van der Waals surface area contributed by atoms with Gasteiger partial charge in [-0.3, -0.25) is 0 Å². The largest absolute Gasteiger partial charge is 0.446 e. The van der Waals surface area contributed by atoms with Crippen molar-refractivity contribution in [1.82, 2.24) is 20.3 Å². The lowest BCUT2D eigenvalue weighted by molar-refractivity contribution is 0.357. The van der Waals surface area contributed by atoms with Crippen LogP contribution in [0.5, 0.6) is 0 Å². The van der Waals surface area contributed by atoms with E-state index in [-0.39, 0.29) is 0 Å². The fourth-order valence-electron chi connectivity index (χ4n) is 1.72. The van der Waals surface area contributed by atoms with Gasteiger partial charge in [0.05, 0.1) is 0 Å². The maximum Gasteiger partial charge on any atom is 0.238 e. The summed E-state index contributed by atoms with van der Waals surface area (Å²) in [6.45, 7) is 1.79. The molecule has 3 rings (SSSR count). The van der Waals surface area contributed by atoms with Gasteiger partial charge in [-0.15, -0.1) is 0 Å². The Hall–Kier alpha value is -1.96. The summed E-state index contributed by atoms with van der Waals surface area (Å²) < 4.78 is 16.2. The summed E-state index contributed by atoms with van der Waals surface area (Å²) in [5.74, 6) is 2.84. The topological polar surface area (TPSA) is 91.0 Å². The van der Waals surface area contributed by atoms with Crippen molar-refractivity contribution in [2.45, 2.75) is 26.2 Å². The fourth-order valence-corrected chi connectivity index (χ4v) is 2.03. The van der Waals surface area contributed by atoms with Gasteiger partial charge in [-0.05, 0) is 41.4 Å². The fraction of sp³-hybridized carbons (Fsp3) is 0.333. The molecule has 0 saturated carbocycles. The highest BCUT2D eigenvalue weighted by Crippen LogP contribution is 2.22. The number of nitrogens with zero attached hydrogens (tertiary/aromatic N) is 4. The molecule has 104 valence electrons. The molecule has 20 heavy (non-hydrogen) atoms. The lowest BCUT2D eigenvalue weighted by atomic mass is 10.2. The van der Waals surface area contributed by atoms with Gasteiger partial charge in [-0.2, -0.15) is 9.97 Å². The van der Waals surface area contributed by atoms with Gasteiger partial charge in [0.1, 0.15) is 0 Å². The molecule has 8 heteroatoms. The Kier molecular flexibility index (Phi) is 3.64. The lowest BCUT2D eigenvalue weighted by Crippen LogP contribution is -1.91. The van der Waals surface area contributed by atoms with Crippen molar-refractivity contribution in [2.24, 2.45) is 0 Å². The molecule has 3 aromatic heterocycles. The average Bonchev–Trinajstić information content (AvgIpc) is 3.11. The number of aryl methyl sites for hydroxylation is 3. The summed E-state index contributed by atoms with van der Waals surface area (Å²) >= 11 is 3.23. The van der Waals surface area contributed by atoms with E-state index in [4.69, 9.17) is 13.5 Å². The van der Waals surface area contributed by atoms with Gasteiger partial charge in [-0.25, -0.2) is 0 Å². The minimum absolute atomic E-state index is 0.444. The second kappa shape index (κ2) is 5.58. The number of rotatable bonds is 5. The van der Waals surface area contributed by atoms with E-state index in [2.05, 4.69) is 36.2 Å². The number of furan rings is 1. The van der Waals surface area contributed by atoms with Crippen LogP contribution in [0.15, 0.2) is 30.3 Å². The minimum atomic E-state index is 0.444. The van der Waals surface area contributed by atoms with Crippen LogP contribution in [-0.4, -0.2) is 20.3 Å². The monoisotopic (exact) mass is 338 g/mol. The van der Waals surface area contributed by atoms with E-state index in [0.29, 0.717) is 46.7 Å². The summed E-state index contributed by atoms with van der Waals surface area (Å²) in [5.41, 5.74) is 0. The molecule has 0 aliphatic carbocycles. The zero-order chi connectivity index (χ0) is 13.9. The molecule has 0 amide bonds. The molecular formula is C12H11BrN4O3. The Balaban J connectivity index is 1.57. The quantitative estimate of drug-likeness (QED) is 0.706. The van der Waals surface area contributed by atoms with Crippen molar-refractivity contribution < 1.29 is 13.5 Å². The Morgan fingerprint density at radius 3 is 2.45 bits per heavy atom. The maximum atomic E-state index is 5.36. The zero-order valence-electron chi connectivity index (χ0n) is 10.7. The highest BCUT2D eigenvalue weighted by Gasteiger charge is 2.12. The van der Waals surface area contributed by atoms with E-state index in [1.165, 1.54) is 0 Å². The molecule has 7 nitrogen and oxygen atoms in total. The third-order valence-electron chi connectivity index (χ3n) is 2.61. The number of aromatic nitrogens is 4. The molecule has 0 aliphatic heterocycles. The summed E-state index contributed by atoms with van der Waals surface area (Å²) in [4.78, 5) is 8.40. The van der Waals surface area contributed by atoms with Crippen LogP contribution in [0.1, 0.15) is 24.0 Å². The van der Waals surface area contributed by atoms with E-state index in [0.717, 1.165) is 6.42 Å². The molecule has 3 heterocycles. The Bertz CT molecular complexity index is 703. The van der Waals surface area contributed by atoms with Crippen molar-refractivity contribution in [2.75, 3.05) is 0 Å². The van der Waals surface area contributed by atoms with Gasteiger partial charge in [0.15, 0.2) is 16.3 Å². The van der Waals surface area contributed by atoms with Crippen molar-refractivity contribution in [3.8, 4) is 11.6 Å². The van der Waals surface area contributed by atoms with Gasteiger partial charge >= 0.3 is 0 Å². The molecule has 0 radical (unpaired) electrons. The zero-order valence-corrected chi connectivity index (χ0v) is 12.3. The molecule has 0 bridgehead atoms. The van der Waals surface area contributed by atoms with Gasteiger partial charge in [0, 0.05) is 12.8 Å². The van der Waals surface area contributed by atoms with E-state index in [9.17, 15) is 0 Å². The first kappa shape index (κ1) is 13.0. The van der Waals surface area contributed by atoms with E-state index >= 15 is 0 Å². The van der Waals surface area contributed by atoms with Crippen LogP contribution in [0.3, 0.4) is 0 Å². The van der Waals surface area contributed by atoms with Crippen molar-refractivity contribution in [1.29, 1.82) is 0 Å². The summed E-state index contributed by atoms with van der Waals surface area (Å²) in [7, 11) is 0. The Morgan fingerprint density at radius 1 is 1.05 bits per heavy atom. The van der Waals surface area contributed by atoms with Gasteiger partial charge < -0.3 is 13.5 Å². The predicted octanol–water partition coefficient (Wildman–Crippen LogP) is 2.96. The van der Waals surface area contributed by atoms with Crippen molar-refractivity contribution in [3.63, 3.8) is 0 Å². The second-order valence-corrected chi connectivity index (χ2v) is 4.99. The van der Waals surface area contributed by atoms with Crippen molar-refractivity contribution in [3.05, 3.63) is 34.4 Å². The second-order valence-electron chi connectivity index (χ2n) is 4.20. The molecule has 0 unspecified atom stereocenters. The van der Waals surface area contributed by atoms with E-state index in [1.807, 2.05) is 0 Å². The van der Waals surface area contributed by atoms with Crippen LogP contribution in [0.4, 0.5) is 0 Å². The standard InChI is InChI=1S/C12H11BrN4O3/c1-7-14-10(19-16-7)3-2-4-11-15-12(17-20-11)8-5-6-9(13)18-8/h5-6H,2-4H2,1H3. The van der Waals surface area contributed by atoms with Crippen LogP contribution in [0.25, 0.3) is 11.6 Å². The Morgan fingerprint density at radius 2 is 1.80 bits per heavy atom. The molecule has 0 N–H and O–H groups in total. The molecule has 0 saturated heterocycles. The maximum absolute atomic E-state index is 5.36. The first-order valence-corrected chi connectivity index (χ1v) is 6.87. The SMILES string of the molecule is Cc1noc(CCCc2nc(-c3ccc(Br)o3)no2)n1. The molecular weight excluding hydrogens is 328 g/mol. The van der Waals surface area contributed by atoms with E-state index in [1.54, 1.807) is 19.1 Å². The molecule has 3 aromatic rings. The normalized spacial score (nSPS) is 11.1. The number of halogens is 1. The number of hydrogen-bond donors (Lipinski definition) is 0.